The van der Waals surface area contributed by atoms with Crippen molar-refractivity contribution in [3.63, 3.8) is 0 Å². The van der Waals surface area contributed by atoms with E-state index < -0.39 is 0 Å². The molecule has 4 nitrogen and oxygen atoms in total. The third-order valence-electron chi connectivity index (χ3n) is 2.85. The number of rotatable bonds is 6. The highest BCUT2D eigenvalue weighted by Crippen LogP contribution is 2.13. The Bertz CT molecular complexity index is 420. The van der Waals surface area contributed by atoms with E-state index in [1.54, 1.807) is 19.1 Å². The van der Waals surface area contributed by atoms with Crippen LogP contribution in [0.4, 0.5) is 0 Å². The smallest absolute Gasteiger partial charge is 0.253 e. The number of ether oxygens (including phenoxy) is 2. The molecular weight excluding hydrogens is 254 g/mol. The van der Waals surface area contributed by atoms with Gasteiger partial charge in [-0.25, -0.2) is 0 Å². The van der Waals surface area contributed by atoms with Gasteiger partial charge in [-0.1, -0.05) is 12.1 Å². The zero-order chi connectivity index (χ0) is 15.2. The number of hydrogen-bond donors (Lipinski definition) is 0. The number of nitrogens with zero attached hydrogens (tertiary/aromatic N) is 1. The molecule has 0 spiro atoms. The normalized spacial score (nSPS) is 11.4. The van der Waals surface area contributed by atoms with Crippen LogP contribution in [-0.2, 0) is 16.1 Å². The van der Waals surface area contributed by atoms with Gasteiger partial charge in [-0.05, 0) is 38.5 Å². The fourth-order valence-electron chi connectivity index (χ4n) is 1.59. The molecule has 0 aliphatic rings. The zero-order valence-electron chi connectivity index (χ0n) is 13.1. The number of amides is 1. The first-order chi connectivity index (χ1) is 9.33. The molecule has 0 bridgehead atoms. The molecular formula is C16H25NO3. The second-order valence-corrected chi connectivity index (χ2v) is 5.82. The lowest BCUT2D eigenvalue weighted by atomic mass is 10.1. The van der Waals surface area contributed by atoms with Crippen LogP contribution >= 0.6 is 0 Å². The van der Waals surface area contributed by atoms with E-state index in [0.717, 1.165) is 5.56 Å². The molecule has 0 aromatic heterocycles. The Morgan fingerprint density at radius 1 is 1.20 bits per heavy atom. The molecule has 1 aromatic rings. The first-order valence-electron chi connectivity index (χ1n) is 6.81. The minimum atomic E-state index is -0.158. The molecule has 0 radical (unpaired) electrons. The van der Waals surface area contributed by atoms with E-state index in [2.05, 4.69) is 0 Å². The quantitative estimate of drug-likeness (QED) is 0.803. The molecule has 112 valence electrons. The summed E-state index contributed by atoms with van der Waals surface area (Å²) >= 11 is 0. The van der Waals surface area contributed by atoms with Crippen molar-refractivity contribution in [2.24, 2.45) is 0 Å². The SMILES string of the molecule is COCCN(C)C(=O)c1ccc(COC(C)(C)C)cc1. The summed E-state index contributed by atoms with van der Waals surface area (Å²) in [5.74, 6) is 0.00494. The minimum Gasteiger partial charge on any atom is -0.383 e. The van der Waals surface area contributed by atoms with Gasteiger partial charge in [-0.3, -0.25) is 4.79 Å². The molecule has 1 rings (SSSR count). The molecule has 0 atom stereocenters. The Morgan fingerprint density at radius 3 is 2.30 bits per heavy atom. The van der Waals surface area contributed by atoms with Crippen molar-refractivity contribution in [1.82, 2.24) is 4.90 Å². The number of carbonyl (C=O) groups is 1. The van der Waals surface area contributed by atoms with Crippen molar-refractivity contribution >= 4 is 5.91 Å². The van der Waals surface area contributed by atoms with Gasteiger partial charge in [0.1, 0.15) is 0 Å². The maximum Gasteiger partial charge on any atom is 0.253 e. The lowest BCUT2D eigenvalue weighted by Gasteiger charge is -2.20. The average Bonchev–Trinajstić information content (AvgIpc) is 2.41. The number of carbonyl (C=O) groups excluding carboxylic acids is 1. The van der Waals surface area contributed by atoms with E-state index in [4.69, 9.17) is 9.47 Å². The van der Waals surface area contributed by atoms with Crippen molar-refractivity contribution in [2.75, 3.05) is 27.3 Å². The van der Waals surface area contributed by atoms with E-state index in [0.29, 0.717) is 25.3 Å². The summed E-state index contributed by atoms with van der Waals surface area (Å²) in [5, 5.41) is 0. The van der Waals surface area contributed by atoms with Gasteiger partial charge in [0.2, 0.25) is 0 Å². The van der Waals surface area contributed by atoms with Crippen molar-refractivity contribution in [3.8, 4) is 0 Å². The van der Waals surface area contributed by atoms with Crippen LogP contribution in [0.2, 0.25) is 0 Å². The molecule has 1 amide bonds. The van der Waals surface area contributed by atoms with Gasteiger partial charge in [-0.2, -0.15) is 0 Å². The Morgan fingerprint density at radius 2 is 1.80 bits per heavy atom. The van der Waals surface area contributed by atoms with Crippen molar-refractivity contribution in [2.45, 2.75) is 33.0 Å². The minimum absolute atomic E-state index is 0.00494. The van der Waals surface area contributed by atoms with E-state index in [1.807, 2.05) is 45.0 Å². The molecule has 1 aromatic carbocycles. The van der Waals surface area contributed by atoms with E-state index in [1.165, 1.54) is 0 Å². The van der Waals surface area contributed by atoms with Gasteiger partial charge in [-0.15, -0.1) is 0 Å². The monoisotopic (exact) mass is 279 g/mol. The summed E-state index contributed by atoms with van der Waals surface area (Å²) < 4.78 is 10.7. The Labute approximate surface area is 121 Å². The second-order valence-electron chi connectivity index (χ2n) is 5.82. The predicted octanol–water partition coefficient (Wildman–Crippen LogP) is 2.72. The fraction of sp³-hybridized carbons (Fsp3) is 0.562. The molecule has 0 heterocycles. The zero-order valence-corrected chi connectivity index (χ0v) is 13.1. The highest BCUT2D eigenvalue weighted by atomic mass is 16.5. The van der Waals surface area contributed by atoms with Crippen LogP contribution in [0.3, 0.4) is 0 Å². The molecule has 0 saturated carbocycles. The van der Waals surface area contributed by atoms with Gasteiger partial charge in [0.05, 0.1) is 18.8 Å². The van der Waals surface area contributed by atoms with E-state index in [-0.39, 0.29) is 11.5 Å². The largest absolute Gasteiger partial charge is 0.383 e. The predicted molar refractivity (Wildman–Crippen MR) is 79.8 cm³/mol. The van der Waals surface area contributed by atoms with Crippen molar-refractivity contribution in [3.05, 3.63) is 35.4 Å². The molecule has 0 aliphatic heterocycles. The lowest BCUT2D eigenvalue weighted by Crippen LogP contribution is -2.29. The topological polar surface area (TPSA) is 38.8 Å². The van der Waals surface area contributed by atoms with Gasteiger partial charge >= 0.3 is 0 Å². The summed E-state index contributed by atoms with van der Waals surface area (Å²) in [6.07, 6.45) is 0. The number of methoxy groups -OCH3 is 1. The van der Waals surface area contributed by atoms with Crippen LogP contribution in [0.25, 0.3) is 0 Å². The van der Waals surface area contributed by atoms with Gasteiger partial charge < -0.3 is 14.4 Å². The highest BCUT2D eigenvalue weighted by Gasteiger charge is 2.12. The Kier molecular flexibility index (Phi) is 6.17. The van der Waals surface area contributed by atoms with Crippen LogP contribution in [0.5, 0.6) is 0 Å². The maximum absolute atomic E-state index is 12.1. The standard InChI is InChI=1S/C16H25NO3/c1-16(2,3)20-12-13-6-8-14(9-7-13)15(18)17(4)10-11-19-5/h6-9H,10-12H2,1-5H3. The summed E-state index contributed by atoms with van der Waals surface area (Å²) in [6.45, 7) is 7.75. The molecule has 0 aliphatic carbocycles. The average molecular weight is 279 g/mol. The molecule has 0 unspecified atom stereocenters. The third-order valence-corrected chi connectivity index (χ3v) is 2.85. The van der Waals surface area contributed by atoms with E-state index in [9.17, 15) is 4.79 Å². The number of hydrogen-bond acceptors (Lipinski definition) is 3. The van der Waals surface area contributed by atoms with Gasteiger partial charge in [0.15, 0.2) is 0 Å². The Hall–Kier alpha value is -1.39. The van der Waals surface area contributed by atoms with Gasteiger partial charge in [0.25, 0.3) is 5.91 Å². The first-order valence-corrected chi connectivity index (χ1v) is 6.81. The van der Waals surface area contributed by atoms with Crippen LogP contribution < -0.4 is 0 Å². The van der Waals surface area contributed by atoms with Gasteiger partial charge in [0, 0.05) is 26.3 Å². The van der Waals surface area contributed by atoms with Crippen molar-refractivity contribution < 1.29 is 14.3 Å². The summed E-state index contributed by atoms with van der Waals surface area (Å²) in [6, 6.07) is 7.55. The molecule has 0 fully saturated rings. The highest BCUT2D eigenvalue weighted by molar-refractivity contribution is 5.94. The summed E-state index contributed by atoms with van der Waals surface area (Å²) in [7, 11) is 3.40. The third kappa shape index (κ3) is 5.72. The number of likely N-dealkylation sites (N-methyl/N-ethyl adjacent to an activating group) is 1. The summed E-state index contributed by atoms with van der Waals surface area (Å²) in [4.78, 5) is 13.8. The molecule has 4 heteroatoms. The van der Waals surface area contributed by atoms with Crippen LogP contribution in [0.15, 0.2) is 24.3 Å². The van der Waals surface area contributed by atoms with E-state index >= 15 is 0 Å². The molecule has 0 N–H and O–H groups in total. The molecule has 20 heavy (non-hydrogen) atoms. The van der Waals surface area contributed by atoms with Crippen LogP contribution in [0.1, 0.15) is 36.7 Å². The Balaban J connectivity index is 2.59. The first kappa shape index (κ1) is 16.7. The maximum atomic E-state index is 12.1. The van der Waals surface area contributed by atoms with Crippen molar-refractivity contribution in [1.29, 1.82) is 0 Å². The van der Waals surface area contributed by atoms with Crippen LogP contribution in [-0.4, -0.2) is 43.7 Å². The second kappa shape index (κ2) is 7.41. The molecule has 0 saturated heterocycles. The summed E-state index contributed by atoms with van der Waals surface area (Å²) in [5.41, 5.74) is 1.59. The number of benzene rings is 1. The lowest BCUT2D eigenvalue weighted by molar-refractivity contribution is -0.0149. The van der Waals surface area contributed by atoms with Crippen LogP contribution in [0, 0.1) is 0 Å². The fourth-order valence-corrected chi connectivity index (χ4v) is 1.59.